The molecule has 0 aliphatic carbocycles. The highest BCUT2D eigenvalue weighted by Crippen LogP contribution is 2.45. The number of primary amides is 1. The maximum absolute atomic E-state index is 11.8. The lowest BCUT2D eigenvalue weighted by molar-refractivity contribution is -0.131. The molecule has 1 aliphatic heterocycles. The van der Waals surface area contributed by atoms with E-state index in [-0.39, 0.29) is 12.5 Å². The first-order valence-corrected chi connectivity index (χ1v) is 8.85. The molecule has 1 atom stereocenters. The molecule has 3 N–H and O–H groups in total. The standard InChI is InChI=1S/C20H22N2O8/c1-10(23)30-13-8-15-14(28-9-29-15)7-12(13)18(22-20(21)24)11-5-16(25-2)19(27-4)17(6-11)26-3/h5-8,18H,9H2,1-4H3,(H3,21,22,24). The van der Waals surface area contributed by atoms with E-state index in [1.54, 1.807) is 18.2 Å². The Hall–Kier alpha value is -3.82. The highest BCUT2D eigenvalue weighted by atomic mass is 16.7. The number of methoxy groups -OCH3 is 3. The van der Waals surface area contributed by atoms with Crippen LogP contribution in [0.3, 0.4) is 0 Å². The molecule has 3 rings (SSSR count). The van der Waals surface area contributed by atoms with Crippen LogP contribution in [0.4, 0.5) is 4.79 Å². The highest BCUT2D eigenvalue weighted by molar-refractivity contribution is 5.75. The minimum absolute atomic E-state index is 0.0242. The van der Waals surface area contributed by atoms with Crippen LogP contribution in [0.2, 0.25) is 0 Å². The maximum atomic E-state index is 11.8. The predicted octanol–water partition coefficient (Wildman–Crippen LogP) is 2.12. The molecule has 0 saturated carbocycles. The summed E-state index contributed by atoms with van der Waals surface area (Å²) in [5.41, 5.74) is 6.38. The lowest BCUT2D eigenvalue weighted by Gasteiger charge is -2.23. The van der Waals surface area contributed by atoms with Crippen LogP contribution in [0, 0.1) is 0 Å². The number of nitrogens with two attached hydrogens (primary N) is 1. The molecule has 1 heterocycles. The Morgan fingerprint density at radius 2 is 1.57 bits per heavy atom. The molecule has 2 aromatic carbocycles. The molecule has 0 aromatic heterocycles. The number of carbonyl (C=O) groups excluding carboxylic acids is 2. The molecule has 0 spiro atoms. The summed E-state index contributed by atoms with van der Waals surface area (Å²) in [7, 11) is 4.43. The number of nitrogens with one attached hydrogen (secondary N) is 1. The van der Waals surface area contributed by atoms with Crippen molar-refractivity contribution in [2.45, 2.75) is 13.0 Å². The van der Waals surface area contributed by atoms with Gasteiger partial charge in [0.15, 0.2) is 23.0 Å². The normalized spacial score (nSPS) is 12.7. The third-order valence-electron chi connectivity index (χ3n) is 4.38. The second-order valence-corrected chi connectivity index (χ2v) is 6.24. The lowest BCUT2D eigenvalue weighted by atomic mass is 9.96. The third-order valence-corrected chi connectivity index (χ3v) is 4.38. The summed E-state index contributed by atoms with van der Waals surface area (Å²) in [4.78, 5) is 23.5. The van der Waals surface area contributed by atoms with Gasteiger partial charge in [0.2, 0.25) is 12.5 Å². The molecule has 30 heavy (non-hydrogen) atoms. The molecule has 10 nitrogen and oxygen atoms in total. The predicted molar refractivity (Wildman–Crippen MR) is 105 cm³/mol. The zero-order chi connectivity index (χ0) is 21.8. The van der Waals surface area contributed by atoms with Crippen molar-refractivity contribution in [1.82, 2.24) is 5.32 Å². The summed E-state index contributed by atoms with van der Waals surface area (Å²) in [5.74, 6) is 1.61. The van der Waals surface area contributed by atoms with Crippen molar-refractivity contribution in [3.8, 4) is 34.5 Å². The summed E-state index contributed by atoms with van der Waals surface area (Å²) in [6, 6.07) is 4.82. The molecule has 1 aliphatic rings. The van der Waals surface area contributed by atoms with E-state index in [0.29, 0.717) is 39.9 Å². The van der Waals surface area contributed by atoms with Gasteiger partial charge in [-0.2, -0.15) is 0 Å². The van der Waals surface area contributed by atoms with Gasteiger partial charge in [0.25, 0.3) is 0 Å². The number of rotatable bonds is 7. The topological polar surface area (TPSA) is 128 Å². The van der Waals surface area contributed by atoms with Crippen LogP contribution in [0.5, 0.6) is 34.5 Å². The second-order valence-electron chi connectivity index (χ2n) is 6.24. The van der Waals surface area contributed by atoms with Crippen molar-refractivity contribution in [3.63, 3.8) is 0 Å². The van der Waals surface area contributed by atoms with Crippen molar-refractivity contribution in [2.24, 2.45) is 5.73 Å². The van der Waals surface area contributed by atoms with Crippen LogP contribution in [0.25, 0.3) is 0 Å². The largest absolute Gasteiger partial charge is 0.493 e. The van der Waals surface area contributed by atoms with Crippen molar-refractivity contribution in [1.29, 1.82) is 0 Å². The van der Waals surface area contributed by atoms with Crippen LogP contribution in [0.1, 0.15) is 24.1 Å². The van der Waals surface area contributed by atoms with Crippen molar-refractivity contribution in [2.75, 3.05) is 28.1 Å². The third kappa shape index (κ3) is 4.12. The molecular weight excluding hydrogens is 396 g/mol. The smallest absolute Gasteiger partial charge is 0.312 e. The Bertz CT molecular complexity index is 951. The zero-order valence-corrected chi connectivity index (χ0v) is 16.9. The molecular formula is C20H22N2O8. The Balaban J connectivity index is 2.21. The molecule has 2 aromatic rings. The van der Waals surface area contributed by atoms with E-state index >= 15 is 0 Å². The van der Waals surface area contributed by atoms with Gasteiger partial charge in [0, 0.05) is 18.6 Å². The van der Waals surface area contributed by atoms with Crippen LogP contribution < -0.4 is 39.5 Å². The fourth-order valence-corrected chi connectivity index (χ4v) is 3.16. The molecule has 2 amide bonds. The number of amides is 2. The van der Waals surface area contributed by atoms with Gasteiger partial charge in [-0.3, -0.25) is 4.79 Å². The molecule has 10 heteroatoms. The molecule has 0 saturated heterocycles. The molecule has 0 fully saturated rings. The van der Waals surface area contributed by atoms with E-state index in [1.807, 2.05) is 0 Å². The Morgan fingerprint density at radius 1 is 0.967 bits per heavy atom. The van der Waals surface area contributed by atoms with E-state index in [0.717, 1.165) is 0 Å². The highest BCUT2D eigenvalue weighted by Gasteiger charge is 2.28. The van der Waals surface area contributed by atoms with Gasteiger partial charge in [-0.1, -0.05) is 0 Å². The van der Waals surface area contributed by atoms with Crippen molar-refractivity contribution < 1.29 is 38.0 Å². The number of esters is 1. The van der Waals surface area contributed by atoms with Gasteiger partial charge in [-0.15, -0.1) is 0 Å². The average molecular weight is 418 g/mol. The lowest BCUT2D eigenvalue weighted by Crippen LogP contribution is -2.34. The minimum Gasteiger partial charge on any atom is -0.493 e. The average Bonchev–Trinajstić information content (AvgIpc) is 3.17. The van der Waals surface area contributed by atoms with E-state index in [4.69, 9.17) is 34.2 Å². The van der Waals surface area contributed by atoms with Gasteiger partial charge in [0.05, 0.1) is 27.4 Å². The summed E-state index contributed by atoms with van der Waals surface area (Å²) in [5, 5.41) is 2.66. The van der Waals surface area contributed by atoms with Crippen molar-refractivity contribution >= 4 is 12.0 Å². The van der Waals surface area contributed by atoms with E-state index < -0.39 is 18.0 Å². The molecule has 0 bridgehead atoms. The Morgan fingerprint density at radius 3 is 2.07 bits per heavy atom. The molecule has 0 radical (unpaired) electrons. The summed E-state index contributed by atoms with van der Waals surface area (Å²) < 4.78 is 32.3. The van der Waals surface area contributed by atoms with Gasteiger partial charge in [-0.05, 0) is 23.8 Å². The summed E-state index contributed by atoms with van der Waals surface area (Å²) in [6.07, 6.45) is 0. The minimum atomic E-state index is -0.833. The fourth-order valence-electron chi connectivity index (χ4n) is 3.16. The van der Waals surface area contributed by atoms with Gasteiger partial charge < -0.3 is 39.5 Å². The monoisotopic (exact) mass is 418 g/mol. The molecule has 1 unspecified atom stereocenters. The van der Waals surface area contributed by atoms with Crippen LogP contribution in [-0.4, -0.2) is 40.1 Å². The first kappa shape index (κ1) is 20.9. The van der Waals surface area contributed by atoms with Crippen molar-refractivity contribution in [3.05, 3.63) is 35.4 Å². The number of hydrogen-bond donors (Lipinski definition) is 2. The second kappa shape index (κ2) is 8.68. The number of ether oxygens (including phenoxy) is 6. The van der Waals surface area contributed by atoms with Gasteiger partial charge in [-0.25, -0.2) is 4.79 Å². The number of urea groups is 1. The number of benzene rings is 2. The summed E-state index contributed by atoms with van der Waals surface area (Å²) in [6.45, 7) is 1.29. The van der Waals surface area contributed by atoms with Crippen LogP contribution >= 0.6 is 0 Å². The zero-order valence-electron chi connectivity index (χ0n) is 16.9. The quantitative estimate of drug-likeness (QED) is 0.517. The number of carbonyl (C=O) groups is 2. The van der Waals surface area contributed by atoms with Crippen LogP contribution in [0.15, 0.2) is 24.3 Å². The molecule has 160 valence electrons. The van der Waals surface area contributed by atoms with Gasteiger partial charge >= 0.3 is 12.0 Å². The SMILES string of the molecule is COc1cc(C(NC(N)=O)c2cc3c(cc2OC(C)=O)OCO3)cc(OC)c1OC. The first-order valence-electron chi connectivity index (χ1n) is 8.85. The fraction of sp³-hybridized carbons (Fsp3) is 0.300. The van der Waals surface area contributed by atoms with E-state index in [9.17, 15) is 9.59 Å². The van der Waals surface area contributed by atoms with Gasteiger partial charge in [0.1, 0.15) is 5.75 Å². The van der Waals surface area contributed by atoms with E-state index in [2.05, 4.69) is 5.32 Å². The summed E-state index contributed by atoms with van der Waals surface area (Å²) >= 11 is 0. The van der Waals surface area contributed by atoms with Crippen LogP contribution in [-0.2, 0) is 4.79 Å². The van der Waals surface area contributed by atoms with E-state index in [1.165, 1.54) is 34.3 Å². The number of hydrogen-bond acceptors (Lipinski definition) is 8. The maximum Gasteiger partial charge on any atom is 0.312 e. The Kier molecular flexibility index (Phi) is 6.05. The first-order chi connectivity index (χ1) is 14.4. The Labute approximate surface area is 172 Å². The number of fused-ring (bicyclic) bond motifs is 1.